The second-order valence-corrected chi connectivity index (χ2v) is 5.21. The van der Waals surface area contributed by atoms with E-state index >= 15 is 0 Å². The summed E-state index contributed by atoms with van der Waals surface area (Å²) in [5.74, 6) is 0. The Morgan fingerprint density at radius 2 is 0.739 bits per heavy atom. The van der Waals surface area contributed by atoms with Crippen LogP contribution in [0.1, 0.15) is 12.8 Å². The molecule has 0 saturated heterocycles. The van der Waals surface area contributed by atoms with E-state index in [0.29, 0.717) is 0 Å². The third-order valence-corrected chi connectivity index (χ3v) is 3.52. The van der Waals surface area contributed by atoms with Crippen molar-refractivity contribution >= 4 is 22.7 Å². The fourth-order valence-corrected chi connectivity index (χ4v) is 2.40. The molecule has 23 heavy (non-hydrogen) atoms. The van der Waals surface area contributed by atoms with Crippen LogP contribution in [0.3, 0.4) is 0 Å². The number of para-hydroxylation sites is 4. The Bertz CT molecular complexity index is 500. The van der Waals surface area contributed by atoms with E-state index in [-0.39, 0.29) is 17.1 Å². The van der Waals surface area contributed by atoms with Gasteiger partial charge < -0.3 is 21.3 Å². The number of hydrogen-bond acceptors (Lipinski definition) is 0. The zero-order chi connectivity index (χ0) is 15.0. The Kier molecular flexibility index (Phi) is 7.11. The first-order valence-corrected chi connectivity index (χ1v) is 7.81. The van der Waals surface area contributed by atoms with Gasteiger partial charge in [-0.05, 0) is 0 Å². The smallest absolute Gasteiger partial charge is 0 e. The van der Waals surface area contributed by atoms with Crippen LogP contribution >= 0.6 is 0 Å². The molecule has 0 saturated carbocycles. The van der Waals surface area contributed by atoms with Gasteiger partial charge in [-0.2, -0.15) is 22.7 Å². The van der Waals surface area contributed by atoms with E-state index in [9.17, 15) is 0 Å². The summed E-state index contributed by atoms with van der Waals surface area (Å²) in [6.45, 7) is 3.09. The Morgan fingerprint density at radius 1 is 0.478 bits per heavy atom. The summed E-state index contributed by atoms with van der Waals surface area (Å²) < 4.78 is 0. The molecule has 3 rings (SSSR count). The molecule has 2 aromatic rings. The van der Waals surface area contributed by atoms with Gasteiger partial charge in [0.15, 0.2) is 0 Å². The van der Waals surface area contributed by atoms with E-state index in [1.165, 1.54) is 0 Å². The zero-order valence-electron chi connectivity index (χ0n) is 13.0. The first-order chi connectivity index (χ1) is 10.9. The summed E-state index contributed by atoms with van der Waals surface area (Å²) in [6.07, 6.45) is 1.87. The molecular weight excluding hydrogens is 336 g/mol. The summed E-state index contributed by atoms with van der Waals surface area (Å²) in [6, 6.07) is 16.2. The number of rotatable bonds is 0. The molecule has 0 aromatic heterocycles. The fourth-order valence-electron chi connectivity index (χ4n) is 2.40. The van der Waals surface area contributed by atoms with Gasteiger partial charge >= 0.3 is 0 Å². The standard InChI is InChI=1S/C18H20N4.Cu/c1-2-8-16-15(7-1)19-11-5-13-21-17-9-3-4-10-18(17)22-14-6-12-20-16;/h1-4,7-10H,5-6,11-14H2;/q-4;. The maximum absolute atomic E-state index is 4.65. The molecule has 1 heterocycles. The van der Waals surface area contributed by atoms with Crippen LogP contribution in [-0.2, 0) is 17.1 Å². The maximum atomic E-state index is 4.65. The van der Waals surface area contributed by atoms with Crippen molar-refractivity contribution in [1.82, 2.24) is 0 Å². The third kappa shape index (κ3) is 5.08. The zero-order valence-corrected chi connectivity index (χ0v) is 13.9. The predicted molar refractivity (Wildman–Crippen MR) is 93.7 cm³/mol. The Hall–Kier alpha value is -1.84. The molecule has 2 aromatic carbocycles. The molecule has 1 aliphatic rings. The first kappa shape index (κ1) is 17.5. The van der Waals surface area contributed by atoms with Crippen LogP contribution in [0, 0.1) is 0 Å². The van der Waals surface area contributed by atoms with Gasteiger partial charge in [-0.15, -0.1) is 26.2 Å². The molecule has 0 amide bonds. The van der Waals surface area contributed by atoms with Gasteiger partial charge in [0.1, 0.15) is 0 Å². The van der Waals surface area contributed by atoms with E-state index in [1.807, 2.05) is 48.5 Å². The largest absolute Gasteiger partial charge is 0.685 e. The van der Waals surface area contributed by atoms with Crippen LogP contribution in [0.2, 0.25) is 0 Å². The van der Waals surface area contributed by atoms with Gasteiger partial charge in [-0.25, -0.2) is 0 Å². The molecule has 0 unspecified atom stereocenters. The van der Waals surface area contributed by atoms with E-state index < -0.39 is 0 Å². The summed E-state index contributed by atoms with van der Waals surface area (Å²) in [4.78, 5) is 0. The third-order valence-electron chi connectivity index (χ3n) is 3.52. The second kappa shape index (κ2) is 9.33. The second-order valence-electron chi connectivity index (χ2n) is 5.21. The van der Waals surface area contributed by atoms with Crippen molar-refractivity contribution in [3.05, 3.63) is 69.8 Å². The van der Waals surface area contributed by atoms with Crippen molar-refractivity contribution in [1.29, 1.82) is 0 Å². The normalized spacial score (nSPS) is 15.0. The topological polar surface area (TPSA) is 56.4 Å². The van der Waals surface area contributed by atoms with Crippen LogP contribution in [0.4, 0.5) is 22.7 Å². The SMILES string of the molecule is [Cu].c1ccc2c(c1)[N-]CCC[N-]c1ccccc1[N-]CCC[N-]2. The minimum absolute atomic E-state index is 0. The molecule has 0 bridgehead atoms. The van der Waals surface area contributed by atoms with Crippen molar-refractivity contribution < 1.29 is 17.1 Å². The quantitative estimate of drug-likeness (QED) is 0.505. The van der Waals surface area contributed by atoms with Crippen LogP contribution < -0.4 is 0 Å². The Labute approximate surface area is 148 Å². The van der Waals surface area contributed by atoms with Crippen molar-refractivity contribution in [2.45, 2.75) is 12.8 Å². The molecule has 0 aliphatic carbocycles. The molecule has 0 atom stereocenters. The van der Waals surface area contributed by atoms with Gasteiger partial charge in [0, 0.05) is 17.1 Å². The van der Waals surface area contributed by atoms with Crippen molar-refractivity contribution in [2.75, 3.05) is 26.2 Å². The number of hydrogen-bond donors (Lipinski definition) is 0. The summed E-state index contributed by atoms with van der Waals surface area (Å²) >= 11 is 0. The van der Waals surface area contributed by atoms with Crippen LogP contribution in [0.25, 0.3) is 21.3 Å². The molecule has 0 spiro atoms. The van der Waals surface area contributed by atoms with Crippen LogP contribution in [-0.4, -0.2) is 26.2 Å². The molecule has 0 N–H and O–H groups in total. The van der Waals surface area contributed by atoms with E-state index in [1.54, 1.807) is 0 Å². The molecule has 4 nitrogen and oxygen atoms in total. The minimum atomic E-state index is 0. The first-order valence-electron chi connectivity index (χ1n) is 7.81. The van der Waals surface area contributed by atoms with Crippen LogP contribution in [0.15, 0.2) is 48.5 Å². The molecular formula is C18H20CuN4-4. The molecule has 5 heteroatoms. The minimum Gasteiger partial charge on any atom is -0.685 e. The van der Waals surface area contributed by atoms with Gasteiger partial charge in [0.05, 0.1) is 0 Å². The average molecular weight is 356 g/mol. The summed E-state index contributed by atoms with van der Waals surface area (Å²) in [5.41, 5.74) is 3.93. The van der Waals surface area contributed by atoms with Gasteiger partial charge in [0.25, 0.3) is 0 Å². The van der Waals surface area contributed by atoms with E-state index in [0.717, 1.165) is 61.8 Å². The molecule has 1 aliphatic heterocycles. The Balaban J connectivity index is 0.00000192. The average Bonchev–Trinajstić information content (AvgIpc) is 2.56. The van der Waals surface area contributed by atoms with Gasteiger partial charge in [0.2, 0.25) is 0 Å². The van der Waals surface area contributed by atoms with Crippen molar-refractivity contribution in [2.24, 2.45) is 0 Å². The molecule has 0 fully saturated rings. The molecule has 127 valence electrons. The van der Waals surface area contributed by atoms with Crippen molar-refractivity contribution in [3.63, 3.8) is 0 Å². The number of benzene rings is 2. The van der Waals surface area contributed by atoms with E-state index in [2.05, 4.69) is 21.3 Å². The Morgan fingerprint density at radius 3 is 1.00 bits per heavy atom. The van der Waals surface area contributed by atoms with Crippen LogP contribution in [0.5, 0.6) is 0 Å². The molecule has 1 radical (unpaired) electrons. The van der Waals surface area contributed by atoms with Crippen molar-refractivity contribution in [3.8, 4) is 0 Å². The number of fused-ring (bicyclic) bond motifs is 2. The predicted octanol–water partition coefficient (Wildman–Crippen LogP) is 6.20. The van der Waals surface area contributed by atoms with Gasteiger partial charge in [-0.1, -0.05) is 61.4 Å². The fraction of sp³-hybridized carbons (Fsp3) is 0.333. The summed E-state index contributed by atoms with van der Waals surface area (Å²) in [7, 11) is 0. The monoisotopic (exact) mass is 355 g/mol. The van der Waals surface area contributed by atoms with E-state index in [4.69, 9.17) is 0 Å². The maximum Gasteiger partial charge on any atom is 0 e. The number of nitrogens with zero attached hydrogens (tertiary/aromatic N) is 4. The summed E-state index contributed by atoms with van der Waals surface area (Å²) in [5, 5.41) is 18.6. The van der Waals surface area contributed by atoms with Gasteiger partial charge in [-0.3, -0.25) is 0 Å².